The summed E-state index contributed by atoms with van der Waals surface area (Å²) in [5.74, 6) is -4.30. The first-order valence-corrected chi connectivity index (χ1v) is 12.4. The molecule has 0 saturated carbocycles. The molecule has 12 heteroatoms. The van der Waals surface area contributed by atoms with Gasteiger partial charge in [-0.1, -0.05) is 48.5 Å². The third-order valence-electron chi connectivity index (χ3n) is 5.90. The molecule has 12 nitrogen and oxygen atoms in total. The van der Waals surface area contributed by atoms with E-state index in [1.165, 1.54) is 0 Å². The van der Waals surface area contributed by atoms with E-state index in [0.29, 0.717) is 12.0 Å². The van der Waals surface area contributed by atoms with Crippen LogP contribution in [0.25, 0.3) is 0 Å². The number of nitrogens with two attached hydrogens (primary N) is 4. The van der Waals surface area contributed by atoms with Crippen molar-refractivity contribution >= 4 is 35.4 Å². The molecule has 0 bridgehead atoms. The number of nitrogens with one attached hydrogen (secondary N) is 2. The molecule has 0 radical (unpaired) electrons. The Morgan fingerprint density at radius 1 is 0.769 bits per heavy atom. The Morgan fingerprint density at radius 3 is 1.95 bits per heavy atom. The summed E-state index contributed by atoms with van der Waals surface area (Å²) in [5.41, 5.74) is 22.4. The van der Waals surface area contributed by atoms with Crippen LogP contribution in [0.1, 0.15) is 41.6 Å². The Hall–Kier alpha value is -4.74. The molecule has 2 rings (SSSR count). The van der Waals surface area contributed by atoms with Crippen molar-refractivity contribution in [1.82, 2.24) is 10.6 Å². The van der Waals surface area contributed by atoms with Gasteiger partial charge in [-0.25, -0.2) is 0 Å². The van der Waals surface area contributed by atoms with Crippen LogP contribution in [-0.4, -0.2) is 54.0 Å². The van der Waals surface area contributed by atoms with Gasteiger partial charge in [-0.2, -0.15) is 0 Å². The molecule has 2 aromatic carbocycles. The van der Waals surface area contributed by atoms with Gasteiger partial charge in [-0.05, 0) is 37.0 Å². The molecule has 0 spiro atoms. The lowest BCUT2D eigenvalue weighted by atomic mass is 9.90. The van der Waals surface area contributed by atoms with Crippen molar-refractivity contribution in [3.8, 4) is 0 Å². The Morgan fingerprint density at radius 2 is 1.38 bits per heavy atom. The molecule has 0 saturated heterocycles. The molecule has 0 aliphatic carbocycles. The standard InChI is InChI=1S/C27H35N7O5/c28-23(36)16-21(24(29)37)34-26(39)19(12-7-13-32-27(30)31)15-22(35)20(14-17-8-3-1-4-9-17)33-25(38)18-10-5-2-6-11-18/h1-6,8-11,19-21H,7,12-16H2,(H2,28,36)(H2,29,37)(H,33,38)(H,34,39)(H4,30,31,32)/t19-,20+,21+/m1/s1. The second-order valence-electron chi connectivity index (χ2n) is 9.03. The minimum Gasteiger partial charge on any atom is -0.370 e. The predicted molar refractivity (Wildman–Crippen MR) is 146 cm³/mol. The van der Waals surface area contributed by atoms with E-state index in [9.17, 15) is 24.0 Å². The van der Waals surface area contributed by atoms with Crippen molar-refractivity contribution in [1.29, 1.82) is 0 Å². The highest BCUT2D eigenvalue weighted by molar-refractivity contribution is 5.99. The summed E-state index contributed by atoms with van der Waals surface area (Å²) in [6.45, 7) is 0.207. The summed E-state index contributed by atoms with van der Waals surface area (Å²) in [7, 11) is 0. The number of carbonyl (C=O) groups is 5. The number of primary amides is 2. The first-order valence-electron chi connectivity index (χ1n) is 12.4. The van der Waals surface area contributed by atoms with E-state index in [2.05, 4.69) is 15.6 Å². The van der Waals surface area contributed by atoms with Gasteiger partial charge in [-0.3, -0.25) is 29.0 Å². The van der Waals surface area contributed by atoms with Crippen LogP contribution >= 0.6 is 0 Å². The van der Waals surface area contributed by atoms with E-state index in [1.807, 2.05) is 30.3 Å². The molecule has 2 aromatic rings. The molecule has 0 unspecified atom stereocenters. The Kier molecular flexibility index (Phi) is 12.1. The largest absolute Gasteiger partial charge is 0.370 e. The summed E-state index contributed by atoms with van der Waals surface area (Å²) in [6.07, 6.45) is -0.0187. The topological polar surface area (TPSA) is 226 Å². The van der Waals surface area contributed by atoms with Crippen LogP contribution in [0.5, 0.6) is 0 Å². The zero-order chi connectivity index (χ0) is 28.8. The Balaban J connectivity index is 2.26. The number of nitrogens with zero attached hydrogens (tertiary/aromatic N) is 1. The summed E-state index contributed by atoms with van der Waals surface area (Å²) in [5, 5.41) is 5.20. The first kappa shape index (κ1) is 30.5. The number of amides is 4. The van der Waals surface area contributed by atoms with Gasteiger partial charge >= 0.3 is 0 Å². The average Bonchev–Trinajstić information content (AvgIpc) is 2.90. The van der Waals surface area contributed by atoms with Crippen molar-refractivity contribution in [2.75, 3.05) is 6.54 Å². The summed E-state index contributed by atoms with van der Waals surface area (Å²) < 4.78 is 0. The van der Waals surface area contributed by atoms with Gasteiger partial charge in [0.2, 0.25) is 17.7 Å². The average molecular weight is 538 g/mol. The van der Waals surface area contributed by atoms with E-state index < -0.39 is 53.8 Å². The van der Waals surface area contributed by atoms with Crippen molar-refractivity contribution in [3.63, 3.8) is 0 Å². The zero-order valence-corrected chi connectivity index (χ0v) is 21.5. The van der Waals surface area contributed by atoms with E-state index >= 15 is 0 Å². The highest BCUT2D eigenvalue weighted by atomic mass is 16.2. The second kappa shape index (κ2) is 15.5. The molecular weight excluding hydrogens is 502 g/mol. The summed E-state index contributed by atoms with van der Waals surface area (Å²) in [6, 6.07) is 15.3. The lowest BCUT2D eigenvalue weighted by Crippen LogP contribution is -2.49. The highest BCUT2D eigenvalue weighted by Gasteiger charge is 2.30. The minimum absolute atomic E-state index is 0.117. The van der Waals surface area contributed by atoms with Crippen molar-refractivity contribution in [2.45, 2.75) is 44.2 Å². The van der Waals surface area contributed by atoms with Gasteiger partial charge in [0.1, 0.15) is 6.04 Å². The molecule has 10 N–H and O–H groups in total. The van der Waals surface area contributed by atoms with Crippen molar-refractivity contribution in [2.24, 2.45) is 33.8 Å². The minimum atomic E-state index is -1.33. The maximum absolute atomic E-state index is 13.5. The van der Waals surface area contributed by atoms with Crippen molar-refractivity contribution < 1.29 is 24.0 Å². The van der Waals surface area contributed by atoms with Gasteiger partial charge in [0.05, 0.1) is 12.5 Å². The van der Waals surface area contributed by atoms with Gasteiger partial charge in [0.15, 0.2) is 11.7 Å². The monoisotopic (exact) mass is 537 g/mol. The lowest BCUT2D eigenvalue weighted by Gasteiger charge is -2.23. The van der Waals surface area contributed by atoms with Gasteiger partial charge < -0.3 is 33.6 Å². The lowest BCUT2D eigenvalue weighted by molar-refractivity contribution is -0.133. The molecule has 3 atom stereocenters. The quantitative estimate of drug-likeness (QED) is 0.0933. The molecular formula is C27H35N7O5. The molecule has 0 aliphatic heterocycles. The van der Waals surface area contributed by atoms with Crippen LogP contribution in [0.15, 0.2) is 65.7 Å². The molecule has 0 aromatic heterocycles. The normalized spacial score (nSPS) is 12.8. The van der Waals surface area contributed by atoms with E-state index in [1.54, 1.807) is 30.3 Å². The Labute approximate surface area is 226 Å². The van der Waals surface area contributed by atoms with Crippen LogP contribution in [0.3, 0.4) is 0 Å². The highest BCUT2D eigenvalue weighted by Crippen LogP contribution is 2.17. The first-order chi connectivity index (χ1) is 18.6. The van der Waals surface area contributed by atoms with Crippen LogP contribution in [0.4, 0.5) is 0 Å². The van der Waals surface area contributed by atoms with Crippen LogP contribution in [0, 0.1) is 5.92 Å². The fourth-order valence-electron chi connectivity index (χ4n) is 3.90. The van der Waals surface area contributed by atoms with E-state index in [-0.39, 0.29) is 31.8 Å². The fourth-order valence-corrected chi connectivity index (χ4v) is 3.90. The number of rotatable bonds is 16. The van der Waals surface area contributed by atoms with Crippen LogP contribution < -0.4 is 33.6 Å². The third-order valence-corrected chi connectivity index (χ3v) is 5.90. The third kappa shape index (κ3) is 11.0. The zero-order valence-electron chi connectivity index (χ0n) is 21.5. The summed E-state index contributed by atoms with van der Waals surface area (Å²) in [4.78, 5) is 66.5. The number of ketones is 1. The number of aliphatic imine (C=N–C) groups is 1. The summed E-state index contributed by atoms with van der Waals surface area (Å²) >= 11 is 0. The maximum Gasteiger partial charge on any atom is 0.251 e. The number of Topliss-reactive ketones (excluding diaryl/α,β-unsaturated/α-hetero) is 1. The van der Waals surface area contributed by atoms with Crippen LogP contribution in [0.2, 0.25) is 0 Å². The van der Waals surface area contributed by atoms with Gasteiger partial charge in [0, 0.05) is 24.4 Å². The smallest absolute Gasteiger partial charge is 0.251 e. The molecule has 4 amide bonds. The number of hydrogen-bond acceptors (Lipinski definition) is 6. The SMILES string of the molecule is NC(=O)C[C@H](NC(=O)[C@H](CCCN=C(N)N)CC(=O)[C@H](Cc1ccccc1)NC(=O)c1ccccc1)C(N)=O. The number of carbonyl (C=O) groups excluding carboxylic acids is 5. The number of guanidine groups is 1. The molecule has 0 heterocycles. The van der Waals surface area contributed by atoms with E-state index in [0.717, 1.165) is 5.56 Å². The van der Waals surface area contributed by atoms with Gasteiger partial charge in [-0.15, -0.1) is 0 Å². The second-order valence-corrected chi connectivity index (χ2v) is 9.03. The van der Waals surface area contributed by atoms with Crippen LogP contribution in [-0.2, 0) is 25.6 Å². The predicted octanol–water partition coefficient (Wildman–Crippen LogP) is -0.498. The van der Waals surface area contributed by atoms with E-state index in [4.69, 9.17) is 22.9 Å². The molecule has 208 valence electrons. The number of hydrogen-bond donors (Lipinski definition) is 6. The van der Waals surface area contributed by atoms with Crippen molar-refractivity contribution in [3.05, 3.63) is 71.8 Å². The maximum atomic E-state index is 13.5. The number of benzene rings is 2. The Bertz CT molecular complexity index is 1170. The molecule has 0 fully saturated rings. The van der Waals surface area contributed by atoms with Gasteiger partial charge in [0.25, 0.3) is 5.91 Å². The fraction of sp³-hybridized carbons (Fsp3) is 0.333. The molecule has 39 heavy (non-hydrogen) atoms. The molecule has 0 aliphatic rings.